The number of hydrogen-bond donors (Lipinski definition) is 1. The standard InChI is InChI=1S/C16H31NO3/c1-4-5-6-7-8-9-10-11-15(18)17(12-14(2)3)13-16(19)20/h14H,4-13H2,1-3H3,(H,19,20). The maximum Gasteiger partial charge on any atom is 0.323 e. The third kappa shape index (κ3) is 10.8. The second kappa shape index (κ2) is 11.7. The van der Waals surface area contributed by atoms with Crippen molar-refractivity contribution >= 4 is 11.9 Å². The van der Waals surface area contributed by atoms with Gasteiger partial charge in [0.05, 0.1) is 0 Å². The molecule has 0 aliphatic rings. The number of carbonyl (C=O) groups excluding carboxylic acids is 1. The molecule has 1 N–H and O–H groups in total. The first-order valence-corrected chi connectivity index (χ1v) is 7.97. The Hall–Kier alpha value is -1.06. The van der Waals surface area contributed by atoms with Gasteiger partial charge in [0, 0.05) is 13.0 Å². The van der Waals surface area contributed by atoms with Gasteiger partial charge in [0.2, 0.25) is 5.91 Å². The van der Waals surface area contributed by atoms with Crippen LogP contribution < -0.4 is 0 Å². The van der Waals surface area contributed by atoms with Crippen molar-refractivity contribution in [1.29, 1.82) is 0 Å². The van der Waals surface area contributed by atoms with Crippen LogP contribution in [0.25, 0.3) is 0 Å². The normalized spacial score (nSPS) is 10.8. The van der Waals surface area contributed by atoms with Crippen LogP contribution in [0.1, 0.15) is 72.1 Å². The van der Waals surface area contributed by atoms with E-state index in [2.05, 4.69) is 6.92 Å². The average molecular weight is 285 g/mol. The van der Waals surface area contributed by atoms with Crippen molar-refractivity contribution in [3.05, 3.63) is 0 Å². The molecule has 0 fully saturated rings. The second-order valence-corrected chi connectivity index (χ2v) is 5.93. The maximum absolute atomic E-state index is 12.0. The highest BCUT2D eigenvalue weighted by atomic mass is 16.4. The Morgan fingerprint density at radius 1 is 1.00 bits per heavy atom. The molecule has 118 valence electrons. The largest absolute Gasteiger partial charge is 0.480 e. The number of amides is 1. The van der Waals surface area contributed by atoms with Crippen molar-refractivity contribution in [1.82, 2.24) is 4.90 Å². The molecule has 20 heavy (non-hydrogen) atoms. The van der Waals surface area contributed by atoms with Gasteiger partial charge in [-0.3, -0.25) is 9.59 Å². The van der Waals surface area contributed by atoms with Crippen molar-refractivity contribution in [3.63, 3.8) is 0 Å². The van der Waals surface area contributed by atoms with Gasteiger partial charge in [-0.05, 0) is 12.3 Å². The smallest absolute Gasteiger partial charge is 0.323 e. The molecule has 0 saturated carbocycles. The fourth-order valence-electron chi connectivity index (χ4n) is 2.25. The topological polar surface area (TPSA) is 57.6 Å². The highest BCUT2D eigenvalue weighted by Crippen LogP contribution is 2.10. The summed E-state index contributed by atoms with van der Waals surface area (Å²) in [5, 5.41) is 8.84. The first-order chi connectivity index (χ1) is 9.47. The van der Waals surface area contributed by atoms with Gasteiger partial charge in [0.15, 0.2) is 0 Å². The lowest BCUT2D eigenvalue weighted by atomic mass is 10.1. The van der Waals surface area contributed by atoms with E-state index in [-0.39, 0.29) is 12.5 Å². The molecule has 0 heterocycles. The van der Waals surface area contributed by atoms with Crippen LogP contribution in [0.4, 0.5) is 0 Å². The Bertz CT molecular complexity index is 277. The summed E-state index contributed by atoms with van der Waals surface area (Å²) in [4.78, 5) is 24.3. The van der Waals surface area contributed by atoms with Crippen LogP contribution in [0.15, 0.2) is 0 Å². The van der Waals surface area contributed by atoms with Crippen molar-refractivity contribution in [2.75, 3.05) is 13.1 Å². The van der Waals surface area contributed by atoms with Gasteiger partial charge in [-0.2, -0.15) is 0 Å². The van der Waals surface area contributed by atoms with Crippen LogP contribution in [0.5, 0.6) is 0 Å². The quantitative estimate of drug-likeness (QED) is 0.556. The van der Waals surface area contributed by atoms with Crippen molar-refractivity contribution < 1.29 is 14.7 Å². The van der Waals surface area contributed by atoms with Gasteiger partial charge in [-0.25, -0.2) is 0 Å². The van der Waals surface area contributed by atoms with E-state index in [1.54, 1.807) is 0 Å². The van der Waals surface area contributed by atoms with E-state index in [1.165, 1.54) is 37.0 Å². The summed E-state index contributed by atoms with van der Waals surface area (Å²) in [6, 6.07) is 0. The van der Waals surface area contributed by atoms with Gasteiger partial charge in [-0.15, -0.1) is 0 Å². The predicted octanol–water partition coefficient (Wildman–Crippen LogP) is 3.70. The monoisotopic (exact) mass is 285 g/mol. The van der Waals surface area contributed by atoms with Crippen LogP contribution in [-0.2, 0) is 9.59 Å². The minimum absolute atomic E-state index is 0.0188. The van der Waals surface area contributed by atoms with Gasteiger partial charge >= 0.3 is 5.97 Å². The molecule has 0 unspecified atom stereocenters. The van der Waals surface area contributed by atoms with E-state index in [0.717, 1.165) is 12.8 Å². The zero-order valence-electron chi connectivity index (χ0n) is 13.4. The molecule has 0 bridgehead atoms. The molecule has 0 aromatic carbocycles. The zero-order valence-corrected chi connectivity index (χ0v) is 13.4. The molecule has 0 aliphatic heterocycles. The van der Waals surface area contributed by atoms with Crippen LogP contribution in [0, 0.1) is 5.92 Å². The molecule has 0 aromatic heterocycles. The number of hydrogen-bond acceptors (Lipinski definition) is 2. The lowest BCUT2D eigenvalue weighted by Gasteiger charge is -2.22. The van der Waals surface area contributed by atoms with Crippen LogP contribution in [0.2, 0.25) is 0 Å². The van der Waals surface area contributed by atoms with Crippen molar-refractivity contribution in [2.24, 2.45) is 5.92 Å². The molecule has 4 nitrogen and oxygen atoms in total. The fourth-order valence-corrected chi connectivity index (χ4v) is 2.25. The summed E-state index contributed by atoms with van der Waals surface area (Å²) in [5.74, 6) is -0.652. The average Bonchev–Trinajstić information content (AvgIpc) is 2.35. The van der Waals surface area contributed by atoms with E-state index in [9.17, 15) is 9.59 Å². The molecule has 0 aliphatic carbocycles. The highest BCUT2D eigenvalue weighted by molar-refractivity contribution is 5.81. The Morgan fingerprint density at radius 3 is 2.05 bits per heavy atom. The number of carboxylic acid groups (broad SMARTS) is 1. The molecule has 4 heteroatoms. The van der Waals surface area contributed by atoms with Crippen LogP contribution in [-0.4, -0.2) is 35.0 Å². The first kappa shape index (κ1) is 18.9. The van der Waals surface area contributed by atoms with E-state index in [1.807, 2.05) is 13.8 Å². The summed E-state index contributed by atoms with van der Waals surface area (Å²) >= 11 is 0. The van der Waals surface area contributed by atoms with Crippen molar-refractivity contribution in [2.45, 2.75) is 72.1 Å². The second-order valence-electron chi connectivity index (χ2n) is 5.93. The minimum atomic E-state index is -0.932. The Balaban J connectivity index is 3.86. The lowest BCUT2D eigenvalue weighted by molar-refractivity contribution is -0.144. The Kier molecular flexibility index (Phi) is 11.1. The minimum Gasteiger partial charge on any atom is -0.480 e. The summed E-state index contributed by atoms with van der Waals surface area (Å²) in [5.41, 5.74) is 0. The number of nitrogens with zero attached hydrogens (tertiary/aromatic N) is 1. The number of rotatable bonds is 12. The third-order valence-corrected chi connectivity index (χ3v) is 3.26. The van der Waals surface area contributed by atoms with E-state index in [4.69, 9.17) is 5.11 Å². The van der Waals surface area contributed by atoms with Gasteiger partial charge in [0.1, 0.15) is 6.54 Å². The number of carboxylic acids is 1. The molecule has 1 amide bonds. The van der Waals surface area contributed by atoms with Crippen molar-refractivity contribution in [3.8, 4) is 0 Å². The third-order valence-electron chi connectivity index (χ3n) is 3.26. The fraction of sp³-hybridized carbons (Fsp3) is 0.875. The highest BCUT2D eigenvalue weighted by Gasteiger charge is 2.17. The lowest BCUT2D eigenvalue weighted by Crippen LogP contribution is -2.38. The van der Waals surface area contributed by atoms with Crippen LogP contribution >= 0.6 is 0 Å². The summed E-state index contributed by atoms with van der Waals surface area (Å²) < 4.78 is 0. The zero-order chi connectivity index (χ0) is 15.4. The summed E-state index contributed by atoms with van der Waals surface area (Å²) in [6.45, 7) is 6.55. The molecular formula is C16H31NO3. The summed E-state index contributed by atoms with van der Waals surface area (Å²) in [7, 11) is 0. The molecule has 0 spiro atoms. The molecule has 0 saturated heterocycles. The number of carbonyl (C=O) groups is 2. The van der Waals surface area contributed by atoms with Crippen LogP contribution in [0.3, 0.4) is 0 Å². The molecule has 0 rings (SSSR count). The number of aliphatic carboxylic acids is 1. The Morgan fingerprint density at radius 2 is 1.55 bits per heavy atom. The predicted molar refractivity (Wildman–Crippen MR) is 81.7 cm³/mol. The van der Waals surface area contributed by atoms with Gasteiger partial charge in [0.25, 0.3) is 0 Å². The molecular weight excluding hydrogens is 254 g/mol. The number of unbranched alkanes of at least 4 members (excludes halogenated alkanes) is 6. The molecule has 0 atom stereocenters. The van der Waals surface area contributed by atoms with E-state index >= 15 is 0 Å². The van der Waals surface area contributed by atoms with E-state index in [0.29, 0.717) is 18.9 Å². The molecule has 0 aromatic rings. The maximum atomic E-state index is 12.0. The van der Waals surface area contributed by atoms with Gasteiger partial charge in [-0.1, -0.05) is 59.3 Å². The first-order valence-electron chi connectivity index (χ1n) is 7.97. The SMILES string of the molecule is CCCCCCCCCC(=O)N(CC(=O)O)CC(C)C. The summed E-state index contributed by atoms with van der Waals surface area (Å²) in [6.07, 6.45) is 8.66. The molecule has 0 radical (unpaired) electrons. The van der Waals surface area contributed by atoms with E-state index < -0.39 is 5.97 Å². The Labute approximate surface area is 123 Å². The van der Waals surface area contributed by atoms with Gasteiger partial charge < -0.3 is 10.0 Å².